The van der Waals surface area contributed by atoms with Gasteiger partial charge in [-0.05, 0) is 28.7 Å². The summed E-state index contributed by atoms with van der Waals surface area (Å²) in [4.78, 5) is 13.8. The summed E-state index contributed by atoms with van der Waals surface area (Å²) in [5.41, 5.74) is 0.248. The summed E-state index contributed by atoms with van der Waals surface area (Å²) in [5, 5.41) is 8.33. The van der Waals surface area contributed by atoms with E-state index in [-0.39, 0.29) is 5.56 Å². The molecule has 5 heteroatoms. The zero-order chi connectivity index (χ0) is 9.84. The Labute approximate surface area is 87.4 Å². The van der Waals surface area contributed by atoms with Gasteiger partial charge in [0, 0.05) is 21.4 Å². The van der Waals surface area contributed by atoms with Crippen molar-refractivity contribution in [1.29, 1.82) is 0 Å². The van der Waals surface area contributed by atoms with E-state index in [4.69, 9.17) is 5.11 Å². The van der Waals surface area contributed by atoms with Crippen molar-refractivity contribution in [1.82, 2.24) is 4.98 Å². The number of carboxylic acid groups (broad SMARTS) is 1. The molecule has 0 amide bonds. The maximum atomic E-state index is 13.0. The second-order valence-electron chi connectivity index (χ2n) is 2.19. The molecule has 0 aliphatic heterocycles. The lowest BCUT2D eigenvalue weighted by Gasteiger charge is -1.97. The molecule has 0 aliphatic carbocycles. The van der Waals surface area contributed by atoms with E-state index < -0.39 is 11.8 Å². The third-order valence-electron chi connectivity index (χ3n) is 1.28. The lowest BCUT2D eigenvalue weighted by molar-refractivity contribution is -0.131. The van der Waals surface area contributed by atoms with Crippen LogP contribution in [0.5, 0.6) is 0 Å². The zero-order valence-corrected chi connectivity index (χ0v) is 8.53. The van der Waals surface area contributed by atoms with E-state index in [1.165, 1.54) is 12.3 Å². The fourth-order valence-electron chi connectivity index (χ4n) is 0.735. The minimum atomic E-state index is -1.10. The summed E-state index contributed by atoms with van der Waals surface area (Å²) in [6.45, 7) is 0. The molecule has 0 saturated heterocycles. The van der Waals surface area contributed by atoms with Gasteiger partial charge < -0.3 is 5.11 Å². The number of hydrogen-bond donors (Lipinski definition) is 1. The van der Waals surface area contributed by atoms with Gasteiger partial charge in [-0.25, -0.2) is 9.18 Å². The quantitative estimate of drug-likeness (QED) is 0.669. The first-order valence-electron chi connectivity index (χ1n) is 3.31. The highest BCUT2D eigenvalue weighted by atomic mass is 127. The largest absolute Gasteiger partial charge is 0.478 e. The van der Waals surface area contributed by atoms with Gasteiger partial charge >= 0.3 is 5.97 Å². The van der Waals surface area contributed by atoms with Crippen LogP contribution in [0.25, 0.3) is 6.08 Å². The highest BCUT2D eigenvalue weighted by Gasteiger charge is 2.03. The van der Waals surface area contributed by atoms with E-state index in [1.807, 2.05) is 22.6 Å². The number of aromatic nitrogens is 1. The number of hydrogen-bond acceptors (Lipinski definition) is 2. The molecular weight excluding hydrogens is 288 g/mol. The summed E-state index contributed by atoms with van der Waals surface area (Å²) in [6.07, 6.45) is 4.61. The van der Waals surface area contributed by atoms with Gasteiger partial charge in [-0.15, -0.1) is 0 Å². The van der Waals surface area contributed by atoms with Gasteiger partial charge in [0.2, 0.25) is 0 Å². The van der Waals surface area contributed by atoms with Crippen LogP contribution in [0.2, 0.25) is 0 Å². The van der Waals surface area contributed by atoms with Crippen molar-refractivity contribution in [2.24, 2.45) is 0 Å². The minimum absolute atomic E-state index is 0.248. The average Bonchev–Trinajstić information content (AvgIpc) is 2.03. The minimum Gasteiger partial charge on any atom is -0.478 e. The first-order valence-corrected chi connectivity index (χ1v) is 4.39. The van der Waals surface area contributed by atoms with E-state index >= 15 is 0 Å². The molecular formula is C8H5FINO2. The van der Waals surface area contributed by atoms with Crippen LogP contribution in [0.4, 0.5) is 4.39 Å². The Morgan fingerprint density at radius 1 is 1.62 bits per heavy atom. The second kappa shape index (κ2) is 4.31. The zero-order valence-electron chi connectivity index (χ0n) is 6.37. The number of pyridine rings is 1. The maximum Gasteiger partial charge on any atom is 0.328 e. The molecule has 0 fully saturated rings. The van der Waals surface area contributed by atoms with Crippen molar-refractivity contribution in [2.45, 2.75) is 0 Å². The molecule has 3 nitrogen and oxygen atoms in total. The molecule has 0 aromatic carbocycles. The average molecular weight is 293 g/mol. The van der Waals surface area contributed by atoms with E-state index in [9.17, 15) is 9.18 Å². The summed E-state index contributed by atoms with van der Waals surface area (Å²) < 4.78 is 13.6. The van der Waals surface area contributed by atoms with Crippen LogP contribution in [0.3, 0.4) is 0 Å². The Bertz CT molecular complexity index is 345. The topological polar surface area (TPSA) is 50.2 Å². The van der Waals surface area contributed by atoms with Crippen LogP contribution in [0.15, 0.2) is 18.5 Å². The molecule has 0 unspecified atom stereocenters. The van der Waals surface area contributed by atoms with Gasteiger partial charge in [0.25, 0.3) is 0 Å². The van der Waals surface area contributed by atoms with Gasteiger partial charge in [-0.2, -0.15) is 0 Å². The molecule has 1 rings (SSSR count). The molecule has 0 radical (unpaired) electrons. The monoisotopic (exact) mass is 293 g/mol. The normalized spacial score (nSPS) is 10.6. The lowest BCUT2D eigenvalue weighted by atomic mass is 10.2. The number of aliphatic carboxylic acids is 1. The summed E-state index contributed by atoms with van der Waals surface area (Å²) >= 11 is 1.89. The molecule has 0 aliphatic rings. The number of rotatable bonds is 2. The van der Waals surface area contributed by atoms with Crippen LogP contribution < -0.4 is 0 Å². The van der Waals surface area contributed by atoms with Crippen LogP contribution in [0, 0.1) is 9.39 Å². The fraction of sp³-hybridized carbons (Fsp3) is 0. The Hall–Kier alpha value is -0.980. The molecule has 0 spiro atoms. The Morgan fingerprint density at radius 3 is 2.85 bits per heavy atom. The molecule has 1 N–H and O–H groups in total. The van der Waals surface area contributed by atoms with E-state index in [2.05, 4.69) is 4.98 Å². The smallest absolute Gasteiger partial charge is 0.328 e. The SMILES string of the molecule is O=C(O)/C=C/c1c(F)cncc1I. The lowest BCUT2D eigenvalue weighted by Crippen LogP contribution is -1.91. The van der Waals surface area contributed by atoms with Crippen LogP contribution in [-0.2, 0) is 4.79 Å². The number of carboxylic acids is 1. The number of halogens is 2. The van der Waals surface area contributed by atoms with Crippen molar-refractivity contribution in [3.05, 3.63) is 33.4 Å². The van der Waals surface area contributed by atoms with Gasteiger partial charge in [0.1, 0.15) is 5.82 Å². The third-order valence-corrected chi connectivity index (χ3v) is 2.14. The molecule has 1 heterocycles. The Kier molecular flexibility index (Phi) is 3.35. The van der Waals surface area contributed by atoms with Crippen molar-refractivity contribution in [3.8, 4) is 0 Å². The fourth-order valence-corrected chi connectivity index (χ4v) is 1.33. The molecule has 0 atom stereocenters. The predicted octanol–water partition coefficient (Wildman–Crippen LogP) is 1.92. The van der Waals surface area contributed by atoms with E-state index in [0.29, 0.717) is 3.57 Å². The van der Waals surface area contributed by atoms with E-state index in [1.54, 1.807) is 0 Å². The van der Waals surface area contributed by atoms with Crippen LogP contribution in [0.1, 0.15) is 5.56 Å². The molecule has 1 aromatic rings. The Balaban J connectivity index is 3.06. The van der Waals surface area contributed by atoms with Crippen molar-refractivity contribution < 1.29 is 14.3 Å². The van der Waals surface area contributed by atoms with Gasteiger partial charge in [0.15, 0.2) is 0 Å². The first kappa shape index (κ1) is 10.1. The summed E-state index contributed by atoms with van der Waals surface area (Å²) in [6, 6.07) is 0. The molecule has 1 aromatic heterocycles. The van der Waals surface area contributed by atoms with Crippen LogP contribution >= 0.6 is 22.6 Å². The highest BCUT2D eigenvalue weighted by Crippen LogP contribution is 2.15. The molecule has 0 saturated carbocycles. The van der Waals surface area contributed by atoms with Gasteiger partial charge in [-0.1, -0.05) is 0 Å². The molecule has 13 heavy (non-hydrogen) atoms. The van der Waals surface area contributed by atoms with Crippen LogP contribution in [-0.4, -0.2) is 16.1 Å². The number of nitrogens with zero attached hydrogens (tertiary/aromatic N) is 1. The van der Waals surface area contributed by atoms with Gasteiger partial charge in [-0.3, -0.25) is 4.98 Å². The van der Waals surface area contributed by atoms with Crippen molar-refractivity contribution in [2.75, 3.05) is 0 Å². The first-order chi connectivity index (χ1) is 6.11. The highest BCUT2D eigenvalue weighted by molar-refractivity contribution is 14.1. The predicted molar refractivity (Wildman–Crippen MR) is 53.6 cm³/mol. The molecule has 0 bridgehead atoms. The standard InChI is InChI=1S/C8H5FINO2/c9-6-3-11-4-7(10)5(6)1-2-8(12)13/h1-4H,(H,12,13)/b2-1+. The molecule has 68 valence electrons. The van der Waals surface area contributed by atoms with E-state index in [0.717, 1.165) is 12.3 Å². The summed E-state index contributed by atoms with van der Waals surface area (Å²) in [7, 11) is 0. The number of carbonyl (C=O) groups is 1. The summed E-state index contributed by atoms with van der Waals surface area (Å²) in [5.74, 6) is -1.63. The Morgan fingerprint density at radius 2 is 2.31 bits per heavy atom. The second-order valence-corrected chi connectivity index (χ2v) is 3.35. The van der Waals surface area contributed by atoms with Gasteiger partial charge in [0.05, 0.1) is 6.20 Å². The maximum absolute atomic E-state index is 13.0. The van der Waals surface area contributed by atoms with Crippen molar-refractivity contribution in [3.63, 3.8) is 0 Å². The third kappa shape index (κ3) is 2.76. The van der Waals surface area contributed by atoms with Crippen molar-refractivity contribution >= 4 is 34.6 Å².